The number of hydrogen-bond acceptors (Lipinski definition) is 5. The third-order valence-electron chi connectivity index (χ3n) is 3.16. The predicted molar refractivity (Wildman–Crippen MR) is 67.5 cm³/mol. The summed E-state index contributed by atoms with van der Waals surface area (Å²) in [4.78, 5) is 0. The van der Waals surface area contributed by atoms with Gasteiger partial charge >= 0.3 is 0 Å². The van der Waals surface area contributed by atoms with Gasteiger partial charge in [-0.25, -0.2) is 4.68 Å². The fourth-order valence-electron chi connectivity index (χ4n) is 2.31. The van der Waals surface area contributed by atoms with E-state index in [1.54, 1.807) is 0 Å². The lowest BCUT2D eigenvalue weighted by Crippen LogP contribution is -2.16. The van der Waals surface area contributed by atoms with Crippen LogP contribution >= 0.6 is 0 Å². The Morgan fingerprint density at radius 3 is 3.11 bits per heavy atom. The molecule has 2 rings (SSSR count). The summed E-state index contributed by atoms with van der Waals surface area (Å²) < 4.78 is 12.8. The first-order valence-electron chi connectivity index (χ1n) is 6.59. The Hall–Kier alpha value is -0.980. The van der Waals surface area contributed by atoms with Gasteiger partial charge in [0, 0.05) is 25.7 Å². The molecule has 0 saturated carbocycles. The molecule has 2 heterocycles. The fraction of sp³-hybridized carbons (Fsp3) is 0.833. The van der Waals surface area contributed by atoms with E-state index in [2.05, 4.69) is 15.6 Å². The van der Waals surface area contributed by atoms with E-state index >= 15 is 0 Å². The molecular formula is C12H22N4O2. The van der Waals surface area contributed by atoms with E-state index in [0.29, 0.717) is 12.5 Å². The Kier molecular flexibility index (Phi) is 5.10. The highest BCUT2D eigenvalue weighted by atomic mass is 16.5. The van der Waals surface area contributed by atoms with Crippen molar-refractivity contribution in [1.29, 1.82) is 0 Å². The summed E-state index contributed by atoms with van der Waals surface area (Å²) in [6.07, 6.45) is 1.05. The first kappa shape index (κ1) is 13.5. The quantitative estimate of drug-likeness (QED) is 0.720. The fourth-order valence-corrected chi connectivity index (χ4v) is 2.31. The standard InChI is InChI=1S/C12H22N4O2/c1-3-17-7-5-16-12(10-4-6-18-9-10)11(8-13-2)14-15-16/h10,13H,3-9H2,1-2H3. The number of hydrogen-bond donors (Lipinski definition) is 1. The molecule has 102 valence electrons. The van der Waals surface area contributed by atoms with Gasteiger partial charge in [-0.1, -0.05) is 5.21 Å². The Balaban J connectivity index is 2.11. The van der Waals surface area contributed by atoms with Crippen molar-refractivity contribution in [1.82, 2.24) is 20.3 Å². The highest BCUT2D eigenvalue weighted by Crippen LogP contribution is 2.27. The molecule has 1 saturated heterocycles. The summed E-state index contributed by atoms with van der Waals surface area (Å²) in [6.45, 7) is 6.54. The Morgan fingerprint density at radius 2 is 2.44 bits per heavy atom. The van der Waals surface area contributed by atoms with Crippen molar-refractivity contribution in [3.05, 3.63) is 11.4 Å². The minimum Gasteiger partial charge on any atom is -0.381 e. The molecule has 0 aliphatic carbocycles. The molecule has 1 aromatic heterocycles. The van der Waals surface area contributed by atoms with E-state index in [0.717, 1.165) is 45.0 Å². The van der Waals surface area contributed by atoms with Gasteiger partial charge in [-0.15, -0.1) is 5.10 Å². The lowest BCUT2D eigenvalue weighted by atomic mass is 10.0. The van der Waals surface area contributed by atoms with Gasteiger partial charge in [-0.05, 0) is 20.4 Å². The number of aromatic nitrogens is 3. The van der Waals surface area contributed by atoms with Crippen LogP contribution in [-0.4, -0.2) is 48.5 Å². The number of nitrogens with one attached hydrogen (secondary N) is 1. The van der Waals surface area contributed by atoms with Crippen LogP contribution in [0.4, 0.5) is 0 Å². The highest BCUT2D eigenvalue weighted by Gasteiger charge is 2.25. The molecule has 0 radical (unpaired) electrons. The first-order valence-corrected chi connectivity index (χ1v) is 6.59. The summed E-state index contributed by atoms with van der Waals surface area (Å²) in [5.74, 6) is 0.421. The van der Waals surface area contributed by atoms with Gasteiger partial charge in [0.25, 0.3) is 0 Å². The molecule has 6 heteroatoms. The third-order valence-corrected chi connectivity index (χ3v) is 3.16. The van der Waals surface area contributed by atoms with Gasteiger partial charge < -0.3 is 14.8 Å². The number of ether oxygens (including phenoxy) is 2. The number of rotatable bonds is 7. The second-order valence-electron chi connectivity index (χ2n) is 4.43. The molecule has 0 bridgehead atoms. The van der Waals surface area contributed by atoms with Gasteiger partial charge in [0.05, 0.1) is 25.5 Å². The van der Waals surface area contributed by atoms with E-state index in [4.69, 9.17) is 9.47 Å². The predicted octanol–water partition coefficient (Wildman–Crippen LogP) is 0.538. The van der Waals surface area contributed by atoms with E-state index in [1.165, 1.54) is 5.69 Å². The van der Waals surface area contributed by atoms with E-state index in [-0.39, 0.29) is 0 Å². The lowest BCUT2D eigenvalue weighted by molar-refractivity contribution is 0.134. The van der Waals surface area contributed by atoms with Gasteiger partial charge in [0.1, 0.15) is 5.69 Å². The maximum atomic E-state index is 5.47. The lowest BCUT2D eigenvalue weighted by Gasteiger charge is -2.12. The van der Waals surface area contributed by atoms with Crippen molar-refractivity contribution in [3.63, 3.8) is 0 Å². The monoisotopic (exact) mass is 254 g/mol. The minimum absolute atomic E-state index is 0.421. The van der Waals surface area contributed by atoms with Crippen LogP contribution in [0, 0.1) is 0 Å². The van der Waals surface area contributed by atoms with Crippen LogP contribution < -0.4 is 5.32 Å². The average molecular weight is 254 g/mol. The summed E-state index contributed by atoms with van der Waals surface area (Å²) >= 11 is 0. The molecule has 0 spiro atoms. The Bertz CT molecular complexity index is 361. The maximum Gasteiger partial charge on any atom is 0.100 e. The zero-order chi connectivity index (χ0) is 12.8. The summed E-state index contributed by atoms with van der Waals surface area (Å²) in [5, 5.41) is 11.7. The van der Waals surface area contributed by atoms with Crippen molar-refractivity contribution >= 4 is 0 Å². The van der Waals surface area contributed by atoms with Crippen molar-refractivity contribution in [2.45, 2.75) is 32.4 Å². The zero-order valence-corrected chi connectivity index (χ0v) is 11.2. The van der Waals surface area contributed by atoms with Gasteiger partial charge in [-0.2, -0.15) is 0 Å². The zero-order valence-electron chi connectivity index (χ0n) is 11.2. The van der Waals surface area contributed by atoms with Crippen molar-refractivity contribution in [3.8, 4) is 0 Å². The molecule has 1 aromatic rings. The summed E-state index contributed by atoms with van der Waals surface area (Å²) in [5.41, 5.74) is 2.24. The van der Waals surface area contributed by atoms with Gasteiger partial charge in [0.15, 0.2) is 0 Å². The maximum absolute atomic E-state index is 5.47. The SMILES string of the molecule is CCOCCn1nnc(CNC)c1C1CCOC1. The second-order valence-corrected chi connectivity index (χ2v) is 4.43. The molecule has 1 N–H and O–H groups in total. The second kappa shape index (κ2) is 6.82. The molecule has 6 nitrogen and oxygen atoms in total. The van der Waals surface area contributed by atoms with E-state index < -0.39 is 0 Å². The third kappa shape index (κ3) is 3.07. The molecular weight excluding hydrogens is 232 g/mol. The molecule has 1 unspecified atom stereocenters. The molecule has 1 atom stereocenters. The molecule has 1 aliphatic rings. The smallest absolute Gasteiger partial charge is 0.100 e. The van der Waals surface area contributed by atoms with Crippen LogP contribution in [0.2, 0.25) is 0 Å². The minimum atomic E-state index is 0.421. The topological polar surface area (TPSA) is 61.2 Å². The molecule has 1 aliphatic heterocycles. The van der Waals surface area contributed by atoms with E-state index in [1.807, 2.05) is 18.7 Å². The highest BCUT2D eigenvalue weighted by molar-refractivity contribution is 5.17. The van der Waals surface area contributed by atoms with Crippen LogP contribution in [0.5, 0.6) is 0 Å². The van der Waals surface area contributed by atoms with Crippen LogP contribution in [0.25, 0.3) is 0 Å². The van der Waals surface area contributed by atoms with Crippen LogP contribution in [0.3, 0.4) is 0 Å². The molecule has 1 fully saturated rings. The normalized spacial score (nSPS) is 19.6. The Labute approximate surface area is 108 Å². The van der Waals surface area contributed by atoms with E-state index in [9.17, 15) is 0 Å². The van der Waals surface area contributed by atoms with Crippen LogP contribution in [0.15, 0.2) is 0 Å². The summed E-state index contributed by atoms with van der Waals surface area (Å²) in [6, 6.07) is 0. The molecule has 0 aromatic carbocycles. The largest absolute Gasteiger partial charge is 0.381 e. The average Bonchev–Trinajstić information content (AvgIpc) is 2.99. The van der Waals surface area contributed by atoms with Crippen LogP contribution in [-0.2, 0) is 22.6 Å². The Morgan fingerprint density at radius 1 is 1.56 bits per heavy atom. The molecule has 0 amide bonds. The summed E-state index contributed by atoms with van der Waals surface area (Å²) in [7, 11) is 1.92. The van der Waals surface area contributed by atoms with Gasteiger partial charge in [0.2, 0.25) is 0 Å². The van der Waals surface area contributed by atoms with Gasteiger partial charge in [-0.3, -0.25) is 0 Å². The first-order chi connectivity index (χ1) is 8.86. The van der Waals surface area contributed by atoms with Crippen molar-refractivity contribution in [2.24, 2.45) is 0 Å². The number of nitrogens with zero attached hydrogens (tertiary/aromatic N) is 3. The van der Waals surface area contributed by atoms with Crippen LogP contribution in [0.1, 0.15) is 30.7 Å². The van der Waals surface area contributed by atoms with Crippen molar-refractivity contribution in [2.75, 3.05) is 33.5 Å². The molecule has 18 heavy (non-hydrogen) atoms. The van der Waals surface area contributed by atoms with Crippen molar-refractivity contribution < 1.29 is 9.47 Å².